The second-order valence-corrected chi connectivity index (χ2v) is 13.2. The molecule has 3 aromatic carbocycles. The number of hydrogen-bond acceptors (Lipinski definition) is 13. The average molecular weight is 786 g/mol. The van der Waals surface area contributed by atoms with E-state index in [1.165, 1.54) is 0 Å². The Balaban J connectivity index is 1.92. The zero-order valence-electron chi connectivity index (χ0n) is 34.1. The number of aliphatic hydroxyl groups is 3. The van der Waals surface area contributed by atoms with Crippen molar-refractivity contribution in [2.24, 2.45) is 0 Å². The van der Waals surface area contributed by atoms with Crippen LogP contribution in [0.4, 0.5) is 17.1 Å². The fourth-order valence-corrected chi connectivity index (χ4v) is 6.29. The Morgan fingerprint density at radius 1 is 0.429 bits per heavy atom. The highest BCUT2D eigenvalue weighted by molar-refractivity contribution is 5.58. The number of benzene rings is 3. The summed E-state index contributed by atoms with van der Waals surface area (Å²) in [5, 5.41) is 27.1. The first-order valence-corrected chi connectivity index (χ1v) is 19.8. The summed E-state index contributed by atoms with van der Waals surface area (Å²) < 4.78 is 40.4. The molecule has 13 nitrogen and oxygen atoms in total. The highest BCUT2D eigenvalue weighted by Crippen LogP contribution is 2.41. The van der Waals surface area contributed by atoms with Gasteiger partial charge in [-0.3, -0.25) is 0 Å². The standard InChI is InChI=1S/C43H67N3O10/c1-5-25-51-26-18-45(20-28-53-33-35-55-31-23-48)41-14-8-38(9-15-41)43(50-4,37-6-12-40(13-7-37)44(2)3)39-10-16-42(17-11-39)46(19-27-52-30-22-47)21-29-54-34-36-56-32-24-49/h6-17,47-49H,5,18-36H2,1-4H3. The summed E-state index contributed by atoms with van der Waals surface area (Å²) in [7, 11) is 5.82. The zero-order valence-corrected chi connectivity index (χ0v) is 34.1. The second-order valence-electron chi connectivity index (χ2n) is 13.2. The molecule has 3 N–H and O–H groups in total. The molecular formula is C43H67N3O10. The zero-order chi connectivity index (χ0) is 40.3. The molecule has 0 spiro atoms. The lowest BCUT2D eigenvalue weighted by atomic mass is 9.79. The van der Waals surface area contributed by atoms with Crippen LogP contribution in [0.25, 0.3) is 0 Å². The van der Waals surface area contributed by atoms with E-state index in [1.54, 1.807) is 7.11 Å². The van der Waals surface area contributed by atoms with Gasteiger partial charge in [-0.1, -0.05) is 43.3 Å². The molecule has 56 heavy (non-hydrogen) atoms. The highest BCUT2D eigenvalue weighted by Gasteiger charge is 2.37. The van der Waals surface area contributed by atoms with Crippen molar-refractivity contribution < 1.29 is 48.5 Å². The highest BCUT2D eigenvalue weighted by atomic mass is 16.5. The second kappa shape index (κ2) is 28.1. The molecule has 3 rings (SSSR count). The van der Waals surface area contributed by atoms with Crippen LogP contribution in [-0.2, 0) is 38.8 Å². The number of ether oxygens (including phenoxy) is 7. The summed E-state index contributed by atoms with van der Waals surface area (Å²) in [6.07, 6.45) is 0.968. The molecular weight excluding hydrogens is 718 g/mol. The van der Waals surface area contributed by atoms with Gasteiger partial charge in [-0.2, -0.15) is 0 Å². The van der Waals surface area contributed by atoms with Crippen molar-refractivity contribution in [3.63, 3.8) is 0 Å². The van der Waals surface area contributed by atoms with Gasteiger partial charge in [0.25, 0.3) is 0 Å². The van der Waals surface area contributed by atoms with Crippen LogP contribution < -0.4 is 14.7 Å². The lowest BCUT2D eigenvalue weighted by Crippen LogP contribution is -2.34. The Kier molecular flexibility index (Phi) is 23.6. The van der Waals surface area contributed by atoms with Gasteiger partial charge in [-0.05, 0) is 59.5 Å². The Hall–Kier alpha value is -3.34. The van der Waals surface area contributed by atoms with E-state index in [-0.39, 0.29) is 26.4 Å². The van der Waals surface area contributed by atoms with Crippen LogP contribution in [0, 0.1) is 0 Å². The minimum atomic E-state index is -0.915. The summed E-state index contributed by atoms with van der Waals surface area (Å²) in [6, 6.07) is 25.5. The Morgan fingerprint density at radius 3 is 1.04 bits per heavy atom. The summed E-state index contributed by atoms with van der Waals surface area (Å²) in [6.45, 7) is 10.2. The van der Waals surface area contributed by atoms with Crippen molar-refractivity contribution in [1.29, 1.82) is 0 Å². The molecule has 0 radical (unpaired) electrons. The molecule has 0 aliphatic heterocycles. The van der Waals surface area contributed by atoms with Gasteiger partial charge in [0.15, 0.2) is 0 Å². The Morgan fingerprint density at radius 2 is 0.732 bits per heavy atom. The van der Waals surface area contributed by atoms with Crippen LogP contribution in [0.1, 0.15) is 30.0 Å². The summed E-state index contributed by atoms with van der Waals surface area (Å²) in [4.78, 5) is 6.56. The monoisotopic (exact) mass is 785 g/mol. The third kappa shape index (κ3) is 15.5. The van der Waals surface area contributed by atoms with Crippen LogP contribution in [0.2, 0.25) is 0 Å². The minimum Gasteiger partial charge on any atom is -0.394 e. The Bertz CT molecular complexity index is 1320. The molecule has 0 aromatic heterocycles. The van der Waals surface area contributed by atoms with Crippen LogP contribution in [0.15, 0.2) is 72.8 Å². The van der Waals surface area contributed by atoms with E-state index in [0.29, 0.717) is 85.7 Å². The molecule has 0 saturated carbocycles. The van der Waals surface area contributed by atoms with Crippen LogP contribution in [-0.4, -0.2) is 162 Å². The summed E-state index contributed by atoms with van der Waals surface area (Å²) in [5.41, 5.74) is 5.20. The molecule has 0 fully saturated rings. The van der Waals surface area contributed by atoms with E-state index in [1.807, 2.05) is 14.1 Å². The number of aliphatic hydroxyl groups excluding tert-OH is 3. The molecule has 1 unspecified atom stereocenters. The summed E-state index contributed by atoms with van der Waals surface area (Å²) in [5.74, 6) is 0. The smallest absolute Gasteiger partial charge is 0.143 e. The van der Waals surface area contributed by atoms with Crippen molar-refractivity contribution in [2.75, 3.05) is 161 Å². The lowest BCUT2D eigenvalue weighted by Gasteiger charge is -2.36. The third-order valence-corrected chi connectivity index (χ3v) is 9.20. The van der Waals surface area contributed by atoms with E-state index < -0.39 is 5.60 Å². The number of nitrogens with zero attached hydrogens (tertiary/aromatic N) is 3. The van der Waals surface area contributed by atoms with Crippen molar-refractivity contribution in [1.82, 2.24) is 0 Å². The quantitative estimate of drug-likeness (QED) is 0.0612. The first-order chi connectivity index (χ1) is 27.4. The van der Waals surface area contributed by atoms with Gasteiger partial charge in [0.05, 0.1) is 92.5 Å². The van der Waals surface area contributed by atoms with E-state index in [0.717, 1.165) is 53.3 Å². The molecule has 0 amide bonds. The van der Waals surface area contributed by atoms with Gasteiger partial charge in [0.1, 0.15) is 5.60 Å². The molecule has 13 heteroatoms. The topological polar surface area (TPSA) is 135 Å². The fourth-order valence-electron chi connectivity index (χ4n) is 6.29. The fraction of sp³-hybridized carbons (Fsp3) is 0.581. The van der Waals surface area contributed by atoms with E-state index >= 15 is 0 Å². The predicted octanol–water partition coefficient (Wildman–Crippen LogP) is 3.79. The van der Waals surface area contributed by atoms with E-state index in [9.17, 15) is 5.11 Å². The van der Waals surface area contributed by atoms with Crippen LogP contribution >= 0.6 is 0 Å². The van der Waals surface area contributed by atoms with Gasteiger partial charge in [-0.15, -0.1) is 0 Å². The molecule has 314 valence electrons. The first-order valence-electron chi connectivity index (χ1n) is 19.8. The van der Waals surface area contributed by atoms with Gasteiger partial charge >= 0.3 is 0 Å². The van der Waals surface area contributed by atoms with Crippen LogP contribution in [0.3, 0.4) is 0 Å². The van der Waals surface area contributed by atoms with Gasteiger partial charge in [0, 0.05) is 71.1 Å². The van der Waals surface area contributed by atoms with Gasteiger partial charge < -0.3 is 63.2 Å². The maximum atomic E-state index is 9.22. The largest absolute Gasteiger partial charge is 0.394 e. The molecule has 0 aliphatic carbocycles. The molecule has 0 bridgehead atoms. The van der Waals surface area contributed by atoms with Gasteiger partial charge in [0.2, 0.25) is 0 Å². The lowest BCUT2D eigenvalue weighted by molar-refractivity contribution is 0.0347. The number of hydrogen-bond donors (Lipinski definition) is 3. The SMILES string of the molecule is CCCOCCN(CCOCCOCCO)c1ccc(C(OC)(c2ccc(N(C)C)cc2)c2ccc(N(CCOCCO)CCOCCOCCO)cc2)cc1. The number of methoxy groups -OCH3 is 1. The van der Waals surface area contributed by atoms with Gasteiger partial charge in [-0.25, -0.2) is 0 Å². The molecule has 1 atom stereocenters. The molecule has 0 saturated heterocycles. The maximum absolute atomic E-state index is 9.22. The van der Waals surface area contributed by atoms with E-state index in [4.69, 9.17) is 43.4 Å². The molecule has 3 aromatic rings. The van der Waals surface area contributed by atoms with Crippen LogP contribution in [0.5, 0.6) is 0 Å². The minimum absolute atomic E-state index is 0.000592. The van der Waals surface area contributed by atoms with Crippen molar-refractivity contribution in [3.05, 3.63) is 89.5 Å². The Labute approximate surface area is 334 Å². The molecule has 0 aliphatic rings. The number of anilines is 3. The van der Waals surface area contributed by atoms with E-state index in [2.05, 4.69) is 94.4 Å². The normalized spacial score (nSPS) is 12.5. The average Bonchev–Trinajstić information content (AvgIpc) is 3.23. The van der Waals surface area contributed by atoms with Crippen molar-refractivity contribution >= 4 is 17.1 Å². The maximum Gasteiger partial charge on any atom is 0.143 e. The summed E-state index contributed by atoms with van der Waals surface area (Å²) >= 11 is 0. The molecule has 0 heterocycles. The van der Waals surface area contributed by atoms with Crippen molar-refractivity contribution in [3.8, 4) is 0 Å². The predicted molar refractivity (Wildman–Crippen MR) is 221 cm³/mol. The first kappa shape index (κ1) is 47.0. The number of rotatable bonds is 33. The third-order valence-electron chi connectivity index (χ3n) is 9.20. The van der Waals surface area contributed by atoms with Crippen molar-refractivity contribution in [2.45, 2.75) is 18.9 Å².